The van der Waals surface area contributed by atoms with Gasteiger partial charge in [0.25, 0.3) is 5.91 Å². The van der Waals surface area contributed by atoms with Crippen molar-refractivity contribution in [2.45, 2.75) is 13.5 Å². The second kappa shape index (κ2) is 7.27. The molecule has 1 aromatic carbocycles. The van der Waals surface area contributed by atoms with Crippen molar-refractivity contribution in [2.24, 2.45) is 5.10 Å². The predicted octanol–water partition coefficient (Wildman–Crippen LogP) is 2.85. The summed E-state index contributed by atoms with van der Waals surface area (Å²) in [5.41, 5.74) is 4.14. The summed E-state index contributed by atoms with van der Waals surface area (Å²) in [5.74, 6) is -1.00. The van der Waals surface area contributed by atoms with E-state index < -0.39 is 11.9 Å². The Kier molecular flexibility index (Phi) is 4.90. The van der Waals surface area contributed by atoms with Crippen LogP contribution < -0.4 is 5.43 Å². The highest BCUT2D eigenvalue weighted by Gasteiger charge is 2.11. The molecule has 2 N–H and O–H groups in total. The minimum Gasteiger partial charge on any atom is -0.272 e. The first-order chi connectivity index (χ1) is 12.1. The number of halogens is 2. The highest BCUT2D eigenvalue weighted by molar-refractivity contribution is 6.30. The summed E-state index contributed by atoms with van der Waals surface area (Å²) in [7, 11) is 0. The van der Waals surface area contributed by atoms with Gasteiger partial charge in [-0.05, 0) is 25.1 Å². The molecule has 0 aliphatic carbocycles. The SMILES string of the molecule is CCn1ncc(/C=N\NC(=O)c2cc(-c3ccc(Cl)cc3)n[nH]2)c1F. The van der Waals surface area contributed by atoms with E-state index in [-0.39, 0.29) is 11.3 Å². The van der Waals surface area contributed by atoms with Crippen LogP contribution in [0.4, 0.5) is 4.39 Å². The van der Waals surface area contributed by atoms with Gasteiger partial charge in [-0.1, -0.05) is 23.7 Å². The van der Waals surface area contributed by atoms with Gasteiger partial charge in [-0.2, -0.15) is 19.7 Å². The third kappa shape index (κ3) is 3.74. The smallest absolute Gasteiger partial charge is 0.272 e. The Morgan fingerprint density at radius 1 is 1.44 bits per heavy atom. The van der Waals surface area contributed by atoms with Gasteiger partial charge in [0.05, 0.1) is 23.7 Å². The Morgan fingerprint density at radius 2 is 2.20 bits per heavy atom. The Hall–Kier alpha value is -3.00. The highest BCUT2D eigenvalue weighted by atomic mass is 35.5. The molecule has 0 atom stereocenters. The average molecular weight is 361 g/mol. The third-order valence-corrected chi connectivity index (χ3v) is 3.68. The van der Waals surface area contributed by atoms with Gasteiger partial charge in [0.15, 0.2) is 0 Å². The molecule has 2 heterocycles. The molecule has 2 aromatic heterocycles. The molecule has 0 aliphatic heterocycles. The number of benzene rings is 1. The second-order valence-corrected chi connectivity index (χ2v) is 5.52. The first-order valence-corrected chi connectivity index (χ1v) is 7.82. The zero-order chi connectivity index (χ0) is 17.8. The number of nitrogens with one attached hydrogen (secondary N) is 2. The zero-order valence-electron chi connectivity index (χ0n) is 13.2. The molecule has 0 spiro atoms. The molecule has 7 nitrogen and oxygen atoms in total. The summed E-state index contributed by atoms with van der Waals surface area (Å²) in [6.45, 7) is 2.18. The Labute approximate surface area is 147 Å². The lowest BCUT2D eigenvalue weighted by atomic mass is 10.1. The number of nitrogens with zero attached hydrogens (tertiary/aromatic N) is 4. The van der Waals surface area contributed by atoms with Crippen LogP contribution in [0.2, 0.25) is 5.02 Å². The fraction of sp³-hybridized carbons (Fsp3) is 0.125. The monoisotopic (exact) mass is 360 g/mol. The van der Waals surface area contributed by atoms with Crippen LogP contribution in [-0.4, -0.2) is 32.1 Å². The number of hydrogen-bond acceptors (Lipinski definition) is 4. The first-order valence-electron chi connectivity index (χ1n) is 7.44. The molecule has 1 amide bonds. The third-order valence-electron chi connectivity index (χ3n) is 3.43. The molecule has 3 rings (SSSR count). The van der Waals surface area contributed by atoms with Crippen LogP contribution in [0.5, 0.6) is 0 Å². The van der Waals surface area contributed by atoms with Crippen molar-refractivity contribution in [3.8, 4) is 11.3 Å². The number of aryl methyl sites for hydroxylation is 1. The largest absolute Gasteiger partial charge is 0.289 e. The van der Waals surface area contributed by atoms with Crippen molar-refractivity contribution in [1.82, 2.24) is 25.4 Å². The lowest BCUT2D eigenvalue weighted by molar-refractivity contribution is 0.0950. The van der Waals surface area contributed by atoms with Crippen LogP contribution in [-0.2, 0) is 6.54 Å². The zero-order valence-corrected chi connectivity index (χ0v) is 14.0. The Balaban J connectivity index is 1.66. The summed E-state index contributed by atoms with van der Waals surface area (Å²) >= 11 is 5.84. The molecule has 0 saturated carbocycles. The number of H-pyrrole nitrogens is 1. The molecule has 0 bridgehead atoms. The van der Waals surface area contributed by atoms with E-state index in [9.17, 15) is 9.18 Å². The number of rotatable bonds is 5. The molecule has 128 valence electrons. The summed E-state index contributed by atoms with van der Waals surface area (Å²) in [5, 5.41) is 14.9. The van der Waals surface area contributed by atoms with E-state index in [4.69, 9.17) is 11.6 Å². The summed E-state index contributed by atoms with van der Waals surface area (Å²) < 4.78 is 15.0. The van der Waals surface area contributed by atoms with Gasteiger partial charge in [-0.25, -0.2) is 10.1 Å². The average Bonchev–Trinajstić information content (AvgIpc) is 3.23. The summed E-state index contributed by atoms with van der Waals surface area (Å²) in [6.07, 6.45) is 2.53. The van der Waals surface area contributed by atoms with E-state index >= 15 is 0 Å². The maximum atomic E-state index is 13.8. The minimum absolute atomic E-state index is 0.189. The number of amides is 1. The van der Waals surface area contributed by atoms with Crippen molar-refractivity contribution in [3.63, 3.8) is 0 Å². The molecule has 0 unspecified atom stereocenters. The Bertz CT molecular complexity index is 915. The quantitative estimate of drug-likeness (QED) is 0.541. The topological polar surface area (TPSA) is 88.0 Å². The van der Waals surface area contributed by atoms with Crippen molar-refractivity contribution in [3.05, 3.63) is 58.8 Å². The molecular weight excluding hydrogens is 347 g/mol. The van der Waals surface area contributed by atoms with Crippen LogP contribution >= 0.6 is 11.6 Å². The molecular formula is C16H14ClFN6O. The van der Waals surface area contributed by atoms with E-state index in [1.807, 2.05) is 0 Å². The minimum atomic E-state index is -0.507. The van der Waals surface area contributed by atoms with E-state index in [0.717, 1.165) is 5.56 Å². The number of hydrazone groups is 1. The molecule has 9 heteroatoms. The molecule has 0 saturated heterocycles. The maximum Gasteiger partial charge on any atom is 0.289 e. The fourth-order valence-electron chi connectivity index (χ4n) is 2.12. The van der Waals surface area contributed by atoms with Gasteiger partial charge in [0, 0.05) is 17.1 Å². The lowest BCUT2D eigenvalue weighted by Gasteiger charge is -1.96. The number of aromatic nitrogens is 4. The number of carbonyl (C=O) groups is 1. The van der Waals surface area contributed by atoms with E-state index in [1.165, 1.54) is 17.1 Å². The van der Waals surface area contributed by atoms with Crippen molar-refractivity contribution in [1.29, 1.82) is 0 Å². The van der Waals surface area contributed by atoms with Crippen LogP contribution in [0.3, 0.4) is 0 Å². The van der Waals surface area contributed by atoms with Crippen LogP contribution in [0.1, 0.15) is 23.0 Å². The van der Waals surface area contributed by atoms with Crippen molar-refractivity contribution < 1.29 is 9.18 Å². The second-order valence-electron chi connectivity index (χ2n) is 5.08. The molecule has 0 fully saturated rings. The Morgan fingerprint density at radius 3 is 2.88 bits per heavy atom. The van der Waals surface area contributed by atoms with Crippen LogP contribution in [0.15, 0.2) is 41.6 Å². The fourth-order valence-corrected chi connectivity index (χ4v) is 2.25. The molecule has 0 aliphatic rings. The number of hydrogen-bond donors (Lipinski definition) is 2. The molecule has 25 heavy (non-hydrogen) atoms. The van der Waals surface area contributed by atoms with Crippen molar-refractivity contribution in [2.75, 3.05) is 0 Å². The first kappa shape index (κ1) is 16.8. The van der Waals surface area contributed by atoms with Gasteiger partial charge in [-0.3, -0.25) is 9.89 Å². The van der Waals surface area contributed by atoms with Gasteiger partial charge >= 0.3 is 0 Å². The van der Waals surface area contributed by atoms with E-state index in [1.54, 1.807) is 37.3 Å². The van der Waals surface area contributed by atoms with Gasteiger partial charge in [0.2, 0.25) is 5.95 Å². The highest BCUT2D eigenvalue weighted by Crippen LogP contribution is 2.20. The maximum absolute atomic E-state index is 13.8. The molecule has 3 aromatic rings. The van der Waals surface area contributed by atoms with Crippen LogP contribution in [0, 0.1) is 5.95 Å². The van der Waals surface area contributed by atoms with Gasteiger partial charge in [0.1, 0.15) is 5.69 Å². The number of carbonyl (C=O) groups excluding carboxylic acids is 1. The lowest BCUT2D eigenvalue weighted by Crippen LogP contribution is -2.18. The van der Waals surface area contributed by atoms with E-state index in [2.05, 4.69) is 25.8 Å². The van der Waals surface area contributed by atoms with Crippen molar-refractivity contribution >= 4 is 23.7 Å². The normalized spacial score (nSPS) is 11.2. The standard InChI is InChI=1S/C16H14ClFN6O/c1-2-24-15(18)11(9-20-24)8-19-23-16(25)14-7-13(21-22-14)10-3-5-12(17)6-4-10/h3-9H,2H2,1H3,(H,21,22)(H,23,25)/b19-8-. The van der Waals surface area contributed by atoms with Gasteiger partial charge in [-0.15, -0.1) is 0 Å². The van der Waals surface area contributed by atoms with Crippen LogP contribution in [0.25, 0.3) is 11.3 Å². The summed E-state index contributed by atoms with van der Waals surface area (Å²) in [4.78, 5) is 12.0. The molecule has 0 radical (unpaired) electrons. The predicted molar refractivity (Wildman–Crippen MR) is 92.0 cm³/mol. The number of aromatic amines is 1. The van der Waals surface area contributed by atoms with Gasteiger partial charge < -0.3 is 0 Å². The summed E-state index contributed by atoms with van der Waals surface area (Å²) in [6, 6.07) is 8.66. The van der Waals surface area contributed by atoms with E-state index in [0.29, 0.717) is 17.3 Å².